The first kappa shape index (κ1) is 25.4. The van der Waals surface area contributed by atoms with E-state index >= 15 is 0 Å². The van der Waals surface area contributed by atoms with Crippen LogP contribution in [0.3, 0.4) is 0 Å². The number of ether oxygens (including phenoxy) is 3. The Morgan fingerprint density at radius 1 is 0.897 bits per heavy atom. The number of benzene rings is 1. The number of rotatable bonds is 19. The van der Waals surface area contributed by atoms with Crippen LogP contribution in [0.15, 0.2) is 24.3 Å². The minimum Gasteiger partial charge on any atom is -0.491 e. The van der Waals surface area contributed by atoms with Crippen LogP contribution in [0, 0.1) is 0 Å². The van der Waals surface area contributed by atoms with Gasteiger partial charge in [0.15, 0.2) is 0 Å². The van der Waals surface area contributed by atoms with E-state index in [2.05, 4.69) is 19.1 Å². The van der Waals surface area contributed by atoms with Gasteiger partial charge in [0.1, 0.15) is 25.1 Å². The number of carboxylic acids is 1. The van der Waals surface area contributed by atoms with Gasteiger partial charge in [-0.25, -0.2) is 4.79 Å². The summed E-state index contributed by atoms with van der Waals surface area (Å²) >= 11 is 0. The van der Waals surface area contributed by atoms with Crippen molar-refractivity contribution in [2.45, 2.75) is 83.7 Å². The third-order valence-corrected chi connectivity index (χ3v) is 4.97. The van der Waals surface area contributed by atoms with Crippen molar-refractivity contribution in [1.82, 2.24) is 0 Å². The first-order valence-corrected chi connectivity index (χ1v) is 11.2. The standard InChI is InChI=1S/C24H40O5/c1-3-4-5-6-7-8-9-10-11-12-13-21-14-16-22(17-15-21)28-19-23(18-27-2)29-20-24(25)26/h14-17,23H,3-13,18-20H2,1-2H3,(H,25,26). The fraction of sp³-hybridized carbons (Fsp3) is 0.708. The second kappa shape index (κ2) is 17.3. The third-order valence-electron chi connectivity index (χ3n) is 4.97. The molecule has 1 unspecified atom stereocenters. The molecule has 1 rings (SSSR count). The van der Waals surface area contributed by atoms with Crippen LogP contribution >= 0.6 is 0 Å². The van der Waals surface area contributed by atoms with Gasteiger partial charge in [0.25, 0.3) is 0 Å². The number of unbranched alkanes of at least 4 members (excludes halogenated alkanes) is 9. The van der Waals surface area contributed by atoms with Gasteiger partial charge in [-0.05, 0) is 30.5 Å². The highest BCUT2D eigenvalue weighted by atomic mass is 16.6. The number of hydrogen-bond donors (Lipinski definition) is 1. The van der Waals surface area contributed by atoms with Crippen molar-refractivity contribution in [1.29, 1.82) is 0 Å². The van der Waals surface area contributed by atoms with Crippen molar-refractivity contribution in [2.75, 3.05) is 26.9 Å². The van der Waals surface area contributed by atoms with Gasteiger partial charge in [-0.2, -0.15) is 0 Å². The average Bonchev–Trinajstić information content (AvgIpc) is 2.72. The number of carboxylic acid groups (broad SMARTS) is 1. The maximum absolute atomic E-state index is 10.6. The van der Waals surface area contributed by atoms with Crippen molar-refractivity contribution < 1.29 is 24.1 Å². The molecular weight excluding hydrogens is 368 g/mol. The largest absolute Gasteiger partial charge is 0.491 e. The highest BCUT2D eigenvalue weighted by molar-refractivity contribution is 5.68. The lowest BCUT2D eigenvalue weighted by Gasteiger charge is -2.17. The Labute approximate surface area is 176 Å². The molecule has 1 aromatic rings. The minimum atomic E-state index is -0.998. The highest BCUT2D eigenvalue weighted by Crippen LogP contribution is 2.16. The Hall–Kier alpha value is -1.59. The number of carbonyl (C=O) groups is 1. The number of aryl methyl sites for hydroxylation is 1. The molecule has 5 nitrogen and oxygen atoms in total. The minimum absolute atomic E-state index is 0.263. The number of methoxy groups -OCH3 is 1. The van der Waals surface area contributed by atoms with Gasteiger partial charge < -0.3 is 19.3 Å². The van der Waals surface area contributed by atoms with Crippen molar-refractivity contribution in [3.63, 3.8) is 0 Å². The summed E-state index contributed by atoms with van der Waals surface area (Å²) in [7, 11) is 1.56. The molecule has 0 radical (unpaired) electrons. The summed E-state index contributed by atoms with van der Waals surface area (Å²) in [6, 6.07) is 8.14. The van der Waals surface area contributed by atoms with E-state index in [1.165, 1.54) is 69.8 Å². The molecule has 1 aromatic carbocycles. The highest BCUT2D eigenvalue weighted by Gasteiger charge is 2.12. The Morgan fingerprint density at radius 2 is 1.48 bits per heavy atom. The molecule has 0 saturated heterocycles. The van der Waals surface area contributed by atoms with Crippen LogP contribution in [0.1, 0.15) is 76.7 Å². The van der Waals surface area contributed by atoms with Crippen LogP contribution in [-0.2, 0) is 20.7 Å². The van der Waals surface area contributed by atoms with Crippen LogP contribution in [0.5, 0.6) is 5.75 Å². The van der Waals surface area contributed by atoms with Gasteiger partial charge in [-0.15, -0.1) is 0 Å². The molecule has 166 valence electrons. The van der Waals surface area contributed by atoms with E-state index in [1.807, 2.05) is 12.1 Å². The van der Waals surface area contributed by atoms with E-state index < -0.39 is 12.1 Å². The molecule has 0 aliphatic heterocycles. The zero-order valence-electron chi connectivity index (χ0n) is 18.4. The van der Waals surface area contributed by atoms with E-state index in [1.54, 1.807) is 7.11 Å². The predicted octanol–water partition coefficient (Wildman–Crippen LogP) is 5.65. The maximum Gasteiger partial charge on any atom is 0.329 e. The summed E-state index contributed by atoms with van der Waals surface area (Å²) in [5, 5.41) is 8.71. The van der Waals surface area contributed by atoms with Gasteiger partial charge in [-0.1, -0.05) is 76.8 Å². The summed E-state index contributed by atoms with van der Waals surface area (Å²) < 4.78 is 16.0. The summed E-state index contributed by atoms with van der Waals surface area (Å²) in [6.07, 6.45) is 14.2. The maximum atomic E-state index is 10.6. The van der Waals surface area contributed by atoms with E-state index in [9.17, 15) is 4.79 Å². The van der Waals surface area contributed by atoms with Gasteiger partial charge in [0.2, 0.25) is 0 Å². The van der Waals surface area contributed by atoms with Gasteiger partial charge in [0, 0.05) is 7.11 Å². The predicted molar refractivity (Wildman–Crippen MR) is 117 cm³/mol. The molecular formula is C24H40O5. The molecule has 0 fully saturated rings. The molecule has 0 aliphatic rings. The van der Waals surface area contributed by atoms with Crippen molar-refractivity contribution >= 4 is 5.97 Å². The summed E-state index contributed by atoms with van der Waals surface area (Å²) in [5.74, 6) is -0.237. The zero-order valence-corrected chi connectivity index (χ0v) is 18.4. The smallest absolute Gasteiger partial charge is 0.329 e. The quantitative estimate of drug-likeness (QED) is 0.300. The molecule has 1 atom stereocenters. The van der Waals surface area contributed by atoms with Crippen molar-refractivity contribution in [3.8, 4) is 5.75 Å². The number of hydrogen-bond acceptors (Lipinski definition) is 4. The van der Waals surface area contributed by atoms with Crippen molar-refractivity contribution in [3.05, 3.63) is 29.8 Å². The Balaban J connectivity index is 2.14. The normalized spacial score (nSPS) is 12.1. The Morgan fingerprint density at radius 3 is 2.03 bits per heavy atom. The molecule has 0 bridgehead atoms. The van der Waals surface area contributed by atoms with Crippen LogP contribution in [0.2, 0.25) is 0 Å². The lowest BCUT2D eigenvalue weighted by atomic mass is 10.0. The van der Waals surface area contributed by atoms with Crippen LogP contribution < -0.4 is 4.74 Å². The molecule has 0 amide bonds. The number of aliphatic carboxylic acids is 1. The van der Waals surface area contributed by atoms with Gasteiger partial charge in [-0.3, -0.25) is 0 Å². The molecule has 1 N–H and O–H groups in total. The summed E-state index contributed by atoms with van der Waals surface area (Å²) in [6.45, 7) is 2.47. The van der Waals surface area contributed by atoms with E-state index in [-0.39, 0.29) is 13.2 Å². The fourth-order valence-corrected chi connectivity index (χ4v) is 3.28. The lowest BCUT2D eigenvalue weighted by Crippen LogP contribution is -2.29. The lowest BCUT2D eigenvalue weighted by molar-refractivity contribution is -0.146. The van der Waals surface area contributed by atoms with Crippen molar-refractivity contribution in [2.24, 2.45) is 0 Å². The van der Waals surface area contributed by atoms with Gasteiger partial charge >= 0.3 is 5.97 Å². The topological polar surface area (TPSA) is 65.0 Å². The third kappa shape index (κ3) is 14.1. The van der Waals surface area contributed by atoms with Crippen LogP contribution in [0.25, 0.3) is 0 Å². The monoisotopic (exact) mass is 408 g/mol. The Bertz CT molecular complexity index is 515. The molecule has 0 spiro atoms. The van der Waals surface area contributed by atoms with E-state index in [0.29, 0.717) is 6.61 Å². The molecule has 0 aliphatic carbocycles. The molecule has 5 heteroatoms. The summed E-state index contributed by atoms with van der Waals surface area (Å²) in [5.41, 5.74) is 1.33. The van der Waals surface area contributed by atoms with E-state index in [4.69, 9.17) is 19.3 Å². The Kier molecular flexibility index (Phi) is 15.2. The van der Waals surface area contributed by atoms with E-state index in [0.717, 1.165) is 12.2 Å². The second-order valence-corrected chi connectivity index (χ2v) is 7.67. The average molecular weight is 409 g/mol. The fourth-order valence-electron chi connectivity index (χ4n) is 3.28. The first-order chi connectivity index (χ1) is 14.2. The van der Waals surface area contributed by atoms with Crippen LogP contribution in [-0.4, -0.2) is 44.1 Å². The second-order valence-electron chi connectivity index (χ2n) is 7.67. The molecule has 29 heavy (non-hydrogen) atoms. The molecule has 0 aromatic heterocycles. The first-order valence-electron chi connectivity index (χ1n) is 11.2. The SMILES string of the molecule is CCCCCCCCCCCCc1ccc(OCC(COC)OCC(=O)O)cc1. The molecule has 0 saturated carbocycles. The zero-order chi connectivity index (χ0) is 21.2. The van der Waals surface area contributed by atoms with Gasteiger partial charge in [0.05, 0.1) is 6.61 Å². The van der Waals surface area contributed by atoms with Crippen LogP contribution in [0.4, 0.5) is 0 Å². The summed E-state index contributed by atoms with van der Waals surface area (Å²) in [4.78, 5) is 10.6. The molecule has 0 heterocycles.